The minimum atomic E-state index is -3.71. The maximum Gasteiger partial charge on any atom is 0.244 e. The van der Waals surface area contributed by atoms with E-state index in [-0.39, 0.29) is 11.8 Å². The summed E-state index contributed by atoms with van der Waals surface area (Å²) >= 11 is 0. The molecule has 9 heteroatoms. The number of imidazole rings is 2. The fourth-order valence-electron chi connectivity index (χ4n) is 3.71. The summed E-state index contributed by atoms with van der Waals surface area (Å²) in [6.07, 6.45) is 2.08. The van der Waals surface area contributed by atoms with Gasteiger partial charge in [0.25, 0.3) is 0 Å². The molecule has 0 radical (unpaired) electrons. The van der Waals surface area contributed by atoms with E-state index in [0.29, 0.717) is 39.5 Å². The van der Waals surface area contributed by atoms with Crippen LogP contribution in [-0.2, 0) is 10.0 Å². The van der Waals surface area contributed by atoms with Crippen molar-refractivity contribution in [1.82, 2.24) is 18.9 Å². The molecule has 1 aliphatic carbocycles. The van der Waals surface area contributed by atoms with Crippen LogP contribution in [0.5, 0.6) is 0 Å². The number of nitrogens with two attached hydrogens (primary N) is 1. The van der Waals surface area contributed by atoms with Crippen molar-refractivity contribution < 1.29 is 12.8 Å². The summed E-state index contributed by atoms with van der Waals surface area (Å²) in [5, 5.41) is -0.668. The average Bonchev–Trinajstić information content (AvgIpc) is 3.39. The van der Waals surface area contributed by atoms with Crippen LogP contribution in [0.1, 0.15) is 38.4 Å². The number of nitrogens with zero attached hydrogens (tertiary/aromatic N) is 3. The van der Waals surface area contributed by atoms with Crippen molar-refractivity contribution in [2.45, 2.75) is 37.9 Å². The molecule has 1 aliphatic rings. The molecule has 0 aliphatic heterocycles. The Balaban J connectivity index is 1.74. The number of nitrogens with one attached hydrogen (secondary N) is 1. The number of nitrogen functional groups attached to an aromatic ring is 1. The predicted molar refractivity (Wildman–Crippen MR) is 119 cm³/mol. The number of hydrogen-bond donors (Lipinski definition) is 2. The summed E-state index contributed by atoms with van der Waals surface area (Å²) in [5.74, 6) is 0.704. The Kier molecular flexibility index (Phi) is 4.40. The van der Waals surface area contributed by atoms with Crippen molar-refractivity contribution in [1.29, 1.82) is 0 Å². The summed E-state index contributed by atoms with van der Waals surface area (Å²) in [4.78, 5) is 12.3. The van der Waals surface area contributed by atoms with Crippen LogP contribution in [0.25, 0.3) is 33.5 Å². The zero-order chi connectivity index (χ0) is 21.9. The third kappa shape index (κ3) is 3.20. The van der Waals surface area contributed by atoms with Gasteiger partial charge in [-0.1, -0.05) is 18.2 Å². The first-order valence-electron chi connectivity index (χ1n) is 10.1. The number of fused-ring (bicyclic) bond motifs is 1. The Bertz CT molecular complexity index is 1420. The smallest absolute Gasteiger partial charge is 0.244 e. The number of halogens is 1. The van der Waals surface area contributed by atoms with Gasteiger partial charge in [-0.05, 0) is 51.0 Å². The number of anilines is 1. The quantitative estimate of drug-likeness (QED) is 0.483. The van der Waals surface area contributed by atoms with Gasteiger partial charge in [0, 0.05) is 17.0 Å². The molecule has 1 fully saturated rings. The van der Waals surface area contributed by atoms with Crippen LogP contribution >= 0.6 is 0 Å². The third-order valence-corrected chi connectivity index (χ3v) is 7.68. The number of H-pyrrole nitrogens is 1. The lowest BCUT2D eigenvalue weighted by atomic mass is 10.0. The van der Waals surface area contributed by atoms with E-state index in [9.17, 15) is 12.8 Å². The first-order chi connectivity index (χ1) is 14.8. The van der Waals surface area contributed by atoms with Crippen LogP contribution in [0.2, 0.25) is 0 Å². The molecule has 160 valence electrons. The lowest BCUT2D eigenvalue weighted by molar-refractivity contribution is 0.580. The van der Waals surface area contributed by atoms with Crippen LogP contribution in [0.4, 0.5) is 10.3 Å². The van der Waals surface area contributed by atoms with Crippen LogP contribution in [0, 0.1) is 5.82 Å². The zero-order valence-electron chi connectivity index (χ0n) is 17.1. The van der Waals surface area contributed by atoms with Gasteiger partial charge in [-0.2, -0.15) is 0 Å². The lowest BCUT2D eigenvalue weighted by Crippen LogP contribution is -2.23. The van der Waals surface area contributed by atoms with Gasteiger partial charge in [0.15, 0.2) is 0 Å². The molecule has 2 aromatic heterocycles. The molecule has 31 heavy (non-hydrogen) atoms. The van der Waals surface area contributed by atoms with Gasteiger partial charge in [-0.3, -0.25) is 0 Å². The standard InChI is InChI=1S/C22H22FN5O2S/c1-12(2)31(29,30)28-18-11-14(9-10-17(18)25-22(28)24)19-20(15-5-3-4-6-16(15)23)27-21(26-19)13-7-8-13/h3-6,9-13H,7-8H2,1-2H3,(H2,24,25)(H,26,27). The summed E-state index contributed by atoms with van der Waals surface area (Å²) in [6.45, 7) is 3.19. The highest BCUT2D eigenvalue weighted by molar-refractivity contribution is 7.90. The lowest BCUT2D eigenvalue weighted by Gasteiger charge is -2.11. The van der Waals surface area contributed by atoms with E-state index >= 15 is 0 Å². The molecule has 7 nitrogen and oxygen atoms in total. The Morgan fingerprint density at radius 3 is 2.58 bits per heavy atom. The van der Waals surface area contributed by atoms with E-state index in [0.717, 1.165) is 22.6 Å². The fraction of sp³-hybridized carbons (Fsp3) is 0.273. The molecular formula is C22H22FN5O2S. The van der Waals surface area contributed by atoms with Gasteiger partial charge >= 0.3 is 0 Å². The minimum absolute atomic E-state index is 0.0848. The second-order valence-corrected chi connectivity index (χ2v) is 10.5. The maximum absolute atomic E-state index is 14.6. The number of aromatic nitrogens is 4. The average molecular weight is 440 g/mol. The van der Waals surface area contributed by atoms with Crippen LogP contribution in [0.3, 0.4) is 0 Å². The zero-order valence-corrected chi connectivity index (χ0v) is 17.9. The van der Waals surface area contributed by atoms with Crippen LogP contribution in [0.15, 0.2) is 42.5 Å². The second kappa shape index (κ2) is 6.91. The first kappa shape index (κ1) is 19.7. The summed E-state index contributed by atoms with van der Waals surface area (Å²) in [7, 11) is -3.71. The highest BCUT2D eigenvalue weighted by atomic mass is 32.2. The molecule has 3 N–H and O–H groups in total. The molecular weight excluding hydrogens is 417 g/mol. The normalized spacial score (nSPS) is 14.6. The van der Waals surface area contributed by atoms with Crippen molar-refractivity contribution in [2.24, 2.45) is 0 Å². The molecule has 2 heterocycles. The van der Waals surface area contributed by atoms with Gasteiger partial charge in [-0.15, -0.1) is 0 Å². The Labute approximate surface area is 179 Å². The molecule has 0 bridgehead atoms. The summed E-state index contributed by atoms with van der Waals surface area (Å²) in [5.41, 5.74) is 9.04. The van der Waals surface area contributed by atoms with Crippen molar-refractivity contribution in [2.75, 3.05) is 5.73 Å². The Hall–Kier alpha value is -3.20. The Morgan fingerprint density at radius 1 is 1.16 bits per heavy atom. The van der Waals surface area contributed by atoms with E-state index in [1.807, 2.05) is 6.07 Å². The Morgan fingerprint density at radius 2 is 1.90 bits per heavy atom. The number of benzene rings is 2. The van der Waals surface area contributed by atoms with Gasteiger partial charge in [-0.25, -0.2) is 26.7 Å². The van der Waals surface area contributed by atoms with Crippen LogP contribution < -0.4 is 5.73 Å². The van der Waals surface area contributed by atoms with Crippen LogP contribution in [-0.4, -0.2) is 32.6 Å². The van der Waals surface area contributed by atoms with Crippen molar-refractivity contribution in [3.05, 3.63) is 54.1 Å². The highest BCUT2D eigenvalue weighted by Crippen LogP contribution is 2.42. The van der Waals surface area contributed by atoms with Crippen molar-refractivity contribution >= 4 is 27.0 Å². The minimum Gasteiger partial charge on any atom is -0.368 e. The van der Waals surface area contributed by atoms with E-state index < -0.39 is 15.3 Å². The maximum atomic E-state index is 14.6. The molecule has 2 aromatic carbocycles. The molecule has 5 rings (SSSR count). The number of rotatable bonds is 5. The summed E-state index contributed by atoms with van der Waals surface area (Å²) < 4.78 is 41.4. The summed E-state index contributed by atoms with van der Waals surface area (Å²) in [6, 6.07) is 11.7. The number of aromatic amines is 1. The van der Waals surface area contributed by atoms with Gasteiger partial charge in [0.05, 0.1) is 27.7 Å². The highest BCUT2D eigenvalue weighted by Gasteiger charge is 2.30. The van der Waals surface area contributed by atoms with E-state index in [2.05, 4.69) is 9.97 Å². The van der Waals surface area contributed by atoms with Gasteiger partial charge in [0.1, 0.15) is 11.6 Å². The number of hydrogen-bond acceptors (Lipinski definition) is 5. The SMILES string of the molecule is CC(C)S(=O)(=O)n1c(N)nc2ccc(-c3[nH]c(C4CC4)nc3-c3ccccc3F)cc21. The molecule has 0 atom stereocenters. The van der Waals surface area contributed by atoms with Gasteiger partial charge < -0.3 is 10.7 Å². The third-order valence-electron chi connectivity index (χ3n) is 5.59. The van der Waals surface area contributed by atoms with Crippen molar-refractivity contribution in [3.8, 4) is 22.5 Å². The topological polar surface area (TPSA) is 107 Å². The molecule has 4 aromatic rings. The molecule has 0 amide bonds. The molecule has 1 saturated carbocycles. The van der Waals surface area contributed by atoms with E-state index in [4.69, 9.17) is 10.7 Å². The first-order valence-corrected chi connectivity index (χ1v) is 11.6. The van der Waals surface area contributed by atoms with E-state index in [1.165, 1.54) is 6.07 Å². The molecule has 0 saturated heterocycles. The van der Waals surface area contributed by atoms with Crippen molar-refractivity contribution in [3.63, 3.8) is 0 Å². The molecule has 0 spiro atoms. The second-order valence-electron chi connectivity index (χ2n) is 8.13. The predicted octanol–water partition coefficient (Wildman–Crippen LogP) is 4.28. The monoisotopic (exact) mass is 439 g/mol. The largest absolute Gasteiger partial charge is 0.368 e. The van der Waals surface area contributed by atoms with E-state index in [1.54, 1.807) is 44.2 Å². The fourth-order valence-corrected chi connectivity index (χ4v) is 4.85. The molecule has 0 unspecified atom stereocenters. The van der Waals surface area contributed by atoms with Gasteiger partial charge in [0.2, 0.25) is 16.0 Å².